The van der Waals surface area contributed by atoms with Crippen molar-refractivity contribution in [3.05, 3.63) is 35.4 Å². The third-order valence-corrected chi connectivity index (χ3v) is 5.71. The molecule has 29 heavy (non-hydrogen) atoms. The molecule has 0 radical (unpaired) electrons. The van der Waals surface area contributed by atoms with Crippen molar-refractivity contribution >= 4 is 17.8 Å². The van der Waals surface area contributed by atoms with E-state index < -0.39 is 0 Å². The summed E-state index contributed by atoms with van der Waals surface area (Å²) in [4.78, 5) is 39.1. The van der Waals surface area contributed by atoms with Gasteiger partial charge in [-0.3, -0.25) is 14.3 Å². The third-order valence-electron chi connectivity index (χ3n) is 5.71. The number of anilines is 1. The Balaban J connectivity index is 1.64. The average Bonchev–Trinajstić information content (AvgIpc) is 3.47. The quantitative estimate of drug-likeness (QED) is 0.821. The highest BCUT2D eigenvalue weighted by molar-refractivity contribution is 5.94. The monoisotopic (exact) mass is 397 g/mol. The van der Waals surface area contributed by atoms with Gasteiger partial charge >= 0.3 is 0 Å². The molecular formula is C20H27N7O2. The Labute approximate surface area is 170 Å². The van der Waals surface area contributed by atoms with E-state index >= 15 is 0 Å². The Morgan fingerprint density at radius 1 is 1.17 bits per heavy atom. The number of likely N-dealkylation sites (tertiary alicyclic amines) is 1. The summed E-state index contributed by atoms with van der Waals surface area (Å²) in [7, 11) is 1.75. The van der Waals surface area contributed by atoms with Gasteiger partial charge in [0.1, 0.15) is 11.7 Å². The van der Waals surface area contributed by atoms with Crippen LogP contribution >= 0.6 is 0 Å². The fraction of sp³-hybridized carbons (Fsp3) is 0.550. The van der Waals surface area contributed by atoms with E-state index in [0.717, 1.165) is 37.2 Å². The van der Waals surface area contributed by atoms with E-state index in [4.69, 9.17) is 0 Å². The molecule has 0 spiro atoms. The number of carbonyl (C=O) groups is 2. The summed E-state index contributed by atoms with van der Waals surface area (Å²) in [6, 6.07) is 1.48. The molecule has 9 heteroatoms. The number of hydrogen-bond acceptors (Lipinski definition) is 6. The van der Waals surface area contributed by atoms with Gasteiger partial charge in [0.25, 0.3) is 5.91 Å². The molecule has 1 unspecified atom stereocenters. The highest BCUT2D eigenvalue weighted by Gasteiger charge is 2.33. The van der Waals surface area contributed by atoms with E-state index in [1.165, 1.54) is 0 Å². The first-order chi connectivity index (χ1) is 14.1. The molecule has 2 amide bonds. The van der Waals surface area contributed by atoms with Crippen molar-refractivity contribution in [2.45, 2.75) is 45.2 Å². The van der Waals surface area contributed by atoms with Crippen molar-refractivity contribution < 1.29 is 9.59 Å². The Hall–Kier alpha value is -2.97. The summed E-state index contributed by atoms with van der Waals surface area (Å²) < 4.78 is 1.70. The summed E-state index contributed by atoms with van der Waals surface area (Å²) in [6.45, 7) is 4.41. The lowest BCUT2D eigenvalue weighted by Crippen LogP contribution is -2.42. The Bertz CT molecular complexity index is 890. The lowest BCUT2D eigenvalue weighted by molar-refractivity contribution is -0.136. The molecule has 2 aromatic rings. The maximum Gasteiger partial charge on any atom is 0.273 e. The van der Waals surface area contributed by atoms with Gasteiger partial charge in [-0.05, 0) is 25.3 Å². The second-order valence-corrected chi connectivity index (χ2v) is 7.49. The zero-order chi connectivity index (χ0) is 20.4. The second-order valence-electron chi connectivity index (χ2n) is 7.49. The molecule has 2 aromatic heterocycles. The maximum absolute atomic E-state index is 13.2. The van der Waals surface area contributed by atoms with Gasteiger partial charge in [0.05, 0.1) is 5.69 Å². The number of aromatic nitrogens is 4. The van der Waals surface area contributed by atoms with E-state index in [1.807, 2.05) is 24.1 Å². The fourth-order valence-electron chi connectivity index (χ4n) is 4.11. The number of nitrogens with one attached hydrogen (secondary N) is 1. The van der Waals surface area contributed by atoms with E-state index in [9.17, 15) is 9.59 Å². The maximum atomic E-state index is 13.2. The number of amides is 2. The predicted molar refractivity (Wildman–Crippen MR) is 107 cm³/mol. The van der Waals surface area contributed by atoms with Gasteiger partial charge in [-0.2, -0.15) is 5.10 Å². The average molecular weight is 397 g/mol. The van der Waals surface area contributed by atoms with Crippen molar-refractivity contribution in [1.82, 2.24) is 29.5 Å². The van der Waals surface area contributed by atoms with Crippen molar-refractivity contribution in [3.8, 4) is 0 Å². The minimum atomic E-state index is -0.346. The molecule has 154 valence electrons. The molecule has 0 saturated carbocycles. The van der Waals surface area contributed by atoms with Crippen LogP contribution in [0, 0.1) is 0 Å². The van der Waals surface area contributed by atoms with Crippen molar-refractivity contribution in [1.29, 1.82) is 0 Å². The van der Waals surface area contributed by atoms with Crippen LogP contribution in [0.2, 0.25) is 0 Å². The molecule has 0 bridgehead atoms. The Kier molecular flexibility index (Phi) is 5.46. The van der Waals surface area contributed by atoms with Crippen LogP contribution in [0.25, 0.3) is 0 Å². The molecule has 0 aliphatic carbocycles. The third kappa shape index (κ3) is 3.68. The van der Waals surface area contributed by atoms with Crippen molar-refractivity contribution in [3.63, 3.8) is 0 Å². The number of rotatable bonds is 5. The summed E-state index contributed by atoms with van der Waals surface area (Å²) >= 11 is 0. The topological polar surface area (TPSA) is 96.2 Å². The Morgan fingerprint density at radius 2 is 1.97 bits per heavy atom. The number of hydrogen-bond donors (Lipinski definition) is 1. The molecule has 1 N–H and O–H groups in total. The summed E-state index contributed by atoms with van der Waals surface area (Å²) in [5.74, 6) is 0.402. The fourth-order valence-corrected chi connectivity index (χ4v) is 4.11. The molecule has 2 aliphatic heterocycles. The van der Waals surface area contributed by atoms with Crippen LogP contribution in [0.1, 0.15) is 54.0 Å². The highest BCUT2D eigenvalue weighted by Crippen LogP contribution is 2.26. The zero-order valence-corrected chi connectivity index (χ0v) is 17.0. The van der Waals surface area contributed by atoms with Gasteiger partial charge in [-0.15, -0.1) is 0 Å². The van der Waals surface area contributed by atoms with Gasteiger partial charge in [0, 0.05) is 57.6 Å². The van der Waals surface area contributed by atoms with Gasteiger partial charge in [-0.25, -0.2) is 9.97 Å². The van der Waals surface area contributed by atoms with Crippen LogP contribution < -0.4 is 5.32 Å². The lowest BCUT2D eigenvalue weighted by Gasteiger charge is -2.32. The number of fused-ring (bicyclic) bond motifs is 1. The van der Waals surface area contributed by atoms with Gasteiger partial charge < -0.3 is 15.1 Å². The van der Waals surface area contributed by atoms with Gasteiger partial charge in [0.15, 0.2) is 0 Å². The largest absolute Gasteiger partial charge is 0.357 e. The van der Waals surface area contributed by atoms with E-state index in [2.05, 4.69) is 20.4 Å². The van der Waals surface area contributed by atoms with Crippen LogP contribution in [0.3, 0.4) is 0 Å². The van der Waals surface area contributed by atoms with Crippen molar-refractivity contribution in [2.75, 3.05) is 32.0 Å². The normalized spacial score (nSPS) is 17.2. The SMILES string of the molecule is CCC(C(=O)N1CCc2nc(NC)nc(C(=O)N3CCCC3)c2C1)n1cccn1. The second kappa shape index (κ2) is 8.18. The standard InChI is InChI=1S/C20H27N7O2/c1-3-16(27-11-6-8-22-27)18(28)26-12-7-15-14(13-26)17(24-20(21-2)23-15)19(29)25-9-4-5-10-25/h6,8,11,16H,3-5,7,9-10,12-13H2,1-2H3,(H,21,23,24). The summed E-state index contributed by atoms with van der Waals surface area (Å²) in [5, 5.41) is 7.20. The molecular weight excluding hydrogens is 370 g/mol. The minimum Gasteiger partial charge on any atom is -0.357 e. The molecule has 4 rings (SSSR count). The lowest BCUT2D eigenvalue weighted by atomic mass is 10.0. The molecule has 4 heterocycles. The number of carbonyl (C=O) groups excluding carboxylic acids is 2. The summed E-state index contributed by atoms with van der Waals surface area (Å²) in [5.41, 5.74) is 2.05. The van der Waals surface area contributed by atoms with E-state index in [0.29, 0.717) is 37.6 Å². The first-order valence-corrected chi connectivity index (χ1v) is 10.3. The van der Waals surface area contributed by atoms with Crippen LogP contribution in [0.4, 0.5) is 5.95 Å². The van der Waals surface area contributed by atoms with Crippen LogP contribution in [-0.4, -0.2) is 68.0 Å². The molecule has 0 aromatic carbocycles. The van der Waals surface area contributed by atoms with E-state index in [1.54, 1.807) is 22.8 Å². The van der Waals surface area contributed by atoms with Gasteiger partial charge in [0.2, 0.25) is 11.9 Å². The van der Waals surface area contributed by atoms with Crippen LogP contribution in [-0.2, 0) is 17.8 Å². The molecule has 1 saturated heterocycles. The highest BCUT2D eigenvalue weighted by atomic mass is 16.2. The first-order valence-electron chi connectivity index (χ1n) is 10.3. The smallest absolute Gasteiger partial charge is 0.273 e. The predicted octanol–water partition coefficient (Wildman–Crippen LogP) is 1.49. The Morgan fingerprint density at radius 3 is 2.62 bits per heavy atom. The zero-order valence-electron chi connectivity index (χ0n) is 17.0. The van der Waals surface area contributed by atoms with E-state index in [-0.39, 0.29) is 17.9 Å². The van der Waals surface area contributed by atoms with Crippen molar-refractivity contribution in [2.24, 2.45) is 0 Å². The summed E-state index contributed by atoms with van der Waals surface area (Å²) in [6.07, 6.45) is 6.79. The first kappa shape index (κ1) is 19.4. The van der Waals surface area contributed by atoms with Crippen LogP contribution in [0.15, 0.2) is 18.5 Å². The number of nitrogens with zero attached hydrogens (tertiary/aromatic N) is 6. The van der Waals surface area contributed by atoms with Gasteiger partial charge in [-0.1, -0.05) is 6.92 Å². The minimum absolute atomic E-state index is 0.0131. The van der Waals surface area contributed by atoms with Crippen LogP contribution in [0.5, 0.6) is 0 Å². The molecule has 1 fully saturated rings. The molecule has 1 atom stereocenters. The molecule has 2 aliphatic rings. The molecule has 9 nitrogen and oxygen atoms in total.